The van der Waals surface area contributed by atoms with Gasteiger partial charge in [-0.2, -0.15) is 4.98 Å². The molecule has 3 rings (SSSR count). The van der Waals surface area contributed by atoms with E-state index in [2.05, 4.69) is 57.9 Å². The topological polar surface area (TPSA) is 64.9 Å². The van der Waals surface area contributed by atoms with E-state index in [1.807, 2.05) is 0 Å². The molecule has 1 heterocycles. The molecule has 2 N–H and O–H groups in total. The molecule has 0 amide bonds. The van der Waals surface area contributed by atoms with Gasteiger partial charge < -0.3 is 10.3 Å². The predicted octanol–water partition coefficient (Wildman–Crippen LogP) is 3.38. The Labute approximate surface area is 125 Å². The van der Waals surface area contributed by atoms with Crippen molar-refractivity contribution >= 4 is 22.6 Å². The third-order valence-corrected chi connectivity index (χ3v) is 4.66. The van der Waals surface area contributed by atoms with Crippen molar-refractivity contribution in [1.82, 2.24) is 10.1 Å². The Hall–Kier alpha value is -0.950. The molecule has 1 aromatic heterocycles. The highest BCUT2D eigenvalue weighted by atomic mass is 127. The molecule has 19 heavy (non-hydrogen) atoms. The lowest BCUT2D eigenvalue weighted by Gasteiger charge is -2.17. The summed E-state index contributed by atoms with van der Waals surface area (Å²) in [7, 11) is 0. The van der Waals surface area contributed by atoms with Crippen molar-refractivity contribution in [2.45, 2.75) is 38.1 Å². The van der Waals surface area contributed by atoms with Crippen LogP contribution in [0, 0.1) is 10.5 Å². The van der Waals surface area contributed by atoms with Gasteiger partial charge in [0.25, 0.3) is 5.89 Å². The first-order valence-electron chi connectivity index (χ1n) is 6.48. The van der Waals surface area contributed by atoms with E-state index in [9.17, 15) is 0 Å². The van der Waals surface area contributed by atoms with Gasteiger partial charge in [0, 0.05) is 3.57 Å². The maximum atomic E-state index is 6.35. The maximum absolute atomic E-state index is 6.35. The van der Waals surface area contributed by atoms with Crippen LogP contribution in [-0.2, 0) is 5.54 Å². The van der Waals surface area contributed by atoms with Gasteiger partial charge >= 0.3 is 0 Å². The monoisotopic (exact) mass is 369 g/mol. The molecule has 2 aromatic rings. The second-order valence-electron chi connectivity index (χ2n) is 5.27. The SMILES string of the molecule is Cc1ccc(I)c(-c2nc(C3(N)CCCC3)no2)c1. The average molecular weight is 369 g/mol. The summed E-state index contributed by atoms with van der Waals surface area (Å²) in [5.41, 5.74) is 8.13. The molecule has 0 unspecified atom stereocenters. The number of aryl methyl sites for hydroxylation is 1. The lowest BCUT2D eigenvalue weighted by atomic mass is 9.98. The molecule has 1 aliphatic carbocycles. The molecule has 0 bridgehead atoms. The molecule has 0 atom stereocenters. The Morgan fingerprint density at radius 3 is 2.79 bits per heavy atom. The third-order valence-electron chi connectivity index (χ3n) is 3.72. The number of hydrogen-bond acceptors (Lipinski definition) is 4. The molecule has 4 nitrogen and oxygen atoms in total. The van der Waals surface area contributed by atoms with E-state index in [1.165, 1.54) is 5.56 Å². The quantitative estimate of drug-likeness (QED) is 0.825. The highest BCUT2D eigenvalue weighted by molar-refractivity contribution is 14.1. The first-order chi connectivity index (χ1) is 9.08. The Morgan fingerprint density at radius 2 is 2.05 bits per heavy atom. The van der Waals surface area contributed by atoms with Crippen molar-refractivity contribution in [2.75, 3.05) is 0 Å². The zero-order chi connectivity index (χ0) is 13.5. The molecule has 0 spiro atoms. The van der Waals surface area contributed by atoms with E-state index >= 15 is 0 Å². The Morgan fingerprint density at radius 1 is 1.32 bits per heavy atom. The number of halogens is 1. The van der Waals surface area contributed by atoms with Crippen molar-refractivity contribution in [3.8, 4) is 11.5 Å². The van der Waals surface area contributed by atoms with Gasteiger partial charge in [0.15, 0.2) is 5.82 Å². The van der Waals surface area contributed by atoms with Crippen molar-refractivity contribution in [2.24, 2.45) is 5.73 Å². The van der Waals surface area contributed by atoms with Crippen LogP contribution < -0.4 is 5.73 Å². The first kappa shape index (κ1) is 13.1. The minimum Gasteiger partial charge on any atom is -0.334 e. The number of hydrogen-bond donors (Lipinski definition) is 1. The zero-order valence-electron chi connectivity index (χ0n) is 10.8. The highest BCUT2D eigenvalue weighted by Gasteiger charge is 2.36. The van der Waals surface area contributed by atoms with E-state index in [0.29, 0.717) is 11.7 Å². The fourth-order valence-corrected chi connectivity index (χ4v) is 3.13. The molecule has 5 heteroatoms. The van der Waals surface area contributed by atoms with Gasteiger partial charge in [0.05, 0.1) is 11.1 Å². The maximum Gasteiger partial charge on any atom is 0.259 e. The summed E-state index contributed by atoms with van der Waals surface area (Å²) in [5, 5.41) is 4.10. The first-order valence-corrected chi connectivity index (χ1v) is 7.56. The number of rotatable bonds is 2. The third kappa shape index (κ3) is 2.41. The molecule has 0 radical (unpaired) electrons. The minimum atomic E-state index is -0.392. The van der Waals surface area contributed by atoms with E-state index < -0.39 is 5.54 Å². The summed E-state index contributed by atoms with van der Waals surface area (Å²) in [4.78, 5) is 4.53. The highest BCUT2D eigenvalue weighted by Crippen LogP contribution is 2.36. The Balaban J connectivity index is 1.99. The van der Waals surface area contributed by atoms with Crippen LogP contribution >= 0.6 is 22.6 Å². The van der Waals surface area contributed by atoms with Crippen molar-refractivity contribution in [1.29, 1.82) is 0 Å². The molecule has 1 saturated carbocycles. The van der Waals surface area contributed by atoms with Crippen molar-refractivity contribution < 1.29 is 4.52 Å². The van der Waals surface area contributed by atoms with Crippen LogP contribution in [0.3, 0.4) is 0 Å². The van der Waals surface area contributed by atoms with Gasteiger partial charge in [0.1, 0.15) is 0 Å². The van der Waals surface area contributed by atoms with Crippen LogP contribution in [-0.4, -0.2) is 10.1 Å². The normalized spacial score (nSPS) is 17.8. The van der Waals surface area contributed by atoms with Gasteiger partial charge in [-0.1, -0.05) is 29.6 Å². The van der Waals surface area contributed by atoms with Gasteiger partial charge in [-0.25, -0.2) is 0 Å². The molecule has 1 aliphatic rings. The zero-order valence-corrected chi connectivity index (χ0v) is 13.0. The fourth-order valence-electron chi connectivity index (χ4n) is 2.57. The van der Waals surface area contributed by atoms with Gasteiger partial charge in [-0.3, -0.25) is 0 Å². The summed E-state index contributed by atoms with van der Waals surface area (Å²) in [6.07, 6.45) is 4.17. The van der Waals surface area contributed by atoms with Crippen LogP contribution in [0.25, 0.3) is 11.5 Å². The molecule has 0 saturated heterocycles. The lowest BCUT2D eigenvalue weighted by Crippen LogP contribution is -2.34. The van der Waals surface area contributed by atoms with Crippen LogP contribution in [0.2, 0.25) is 0 Å². The van der Waals surface area contributed by atoms with Gasteiger partial charge in [0.2, 0.25) is 0 Å². The molecule has 1 aromatic carbocycles. The lowest BCUT2D eigenvalue weighted by molar-refractivity contribution is 0.372. The van der Waals surface area contributed by atoms with E-state index in [1.54, 1.807) is 0 Å². The van der Waals surface area contributed by atoms with E-state index in [0.717, 1.165) is 34.8 Å². The summed E-state index contributed by atoms with van der Waals surface area (Å²) >= 11 is 2.28. The largest absolute Gasteiger partial charge is 0.334 e. The van der Waals surface area contributed by atoms with Crippen LogP contribution in [0.1, 0.15) is 37.1 Å². The number of nitrogens with zero attached hydrogens (tertiary/aromatic N) is 2. The Kier molecular flexibility index (Phi) is 3.34. The average Bonchev–Trinajstić information content (AvgIpc) is 3.02. The summed E-state index contributed by atoms with van der Waals surface area (Å²) in [6, 6.07) is 6.20. The predicted molar refractivity (Wildman–Crippen MR) is 81.5 cm³/mol. The Bertz CT molecular complexity index is 602. The van der Waals surface area contributed by atoms with E-state index in [-0.39, 0.29) is 0 Å². The summed E-state index contributed by atoms with van der Waals surface area (Å²) in [5.74, 6) is 1.22. The minimum absolute atomic E-state index is 0.392. The molecular weight excluding hydrogens is 353 g/mol. The second kappa shape index (κ2) is 4.86. The van der Waals surface area contributed by atoms with Gasteiger partial charge in [-0.05, 0) is 54.5 Å². The summed E-state index contributed by atoms with van der Waals surface area (Å²) < 4.78 is 6.53. The number of benzene rings is 1. The molecule has 1 fully saturated rings. The van der Waals surface area contributed by atoms with Crippen molar-refractivity contribution in [3.63, 3.8) is 0 Å². The van der Waals surface area contributed by atoms with Gasteiger partial charge in [-0.15, -0.1) is 0 Å². The standard InChI is InChI=1S/C14H16IN3O/c1-9-4-5-11(15)10(8-9)12-17-13(18-19-12)14(16)6-2-3-7-14/h4-5,8H,2-3,6-7,16H2,1H3. The smallest absolute Gasteiger partial charge is 0.259 e. The van der Waals surface area contributed by atoms with Crippen LogP contribution in [0.4, 0.5) is 0 Å². The van der Waals surface area contributed by atoms with Crippen molar-refractivity contribution in [3.05, 3.63) is 33.2 Å². The number of nitrogens with two attached hydrogens (primary N) is 1. The molecule has 100 valence electrons. The summed E-state index contributed by atoms with van der Waals surface area (Å²) in [6.45, 7) is 2.05. The molecule has 0 aliphatic heterocycles. The molecular formula is C14H16IN3O. The number of aromatic nitrogens is 2. The second-order valence-corrected chi connectivity index (χ2v) is 6.43. The fraction of sp³-hybridized carbons (Fsp3) is 0.429. The van der Waals surface area contributed by atoms with Crippen LogP contribution in [0.5, 0.6) is 0 Å². The van der Waals surface area contributed by atoms with E-state index in [4.69, 9.17) is 10.3 Å². The van der Waals surface area contributed by atoms with Crippen LogP contribution in [0.15, 0.2) is 22.7 Å².